The van der Waals surface area contributed by atoms with Crippen molar-refractivity contribution in [3.8, 4) is 5.75 Å². The van der Waals surface area contributed by atoms with Gasteiger partial charge in [-0.15, -0.1) is 6.58 Å². The van der Waals surface area contributed by atoms with Crippen LogP contribution in [0.3, 0.4) is 0 Å². The number of aliphatic carboxylic acids is 1. The van der Waals surface area contributed by atoms with E-state index in [9.17, 15) is 19.8 Å². The molecule has 0 unspecified atom stereocenters. The van der Waals surface area contributed by atoms with E-state index < -0.39 is 18.0 Å². The lowest BCUT2D eigenvalue weighted by atomic mass is 10.1. The SMILES string of the molecule is C=CCN(CC)C(=O)N[C@@H](Cc1ccc(O)cc1)C(=O)O. The molecule has 1 aromatic carbocycles. The minimum atomic E-state index is -1.11. The van der Waals surface area contributed by atoms with Crippen molar-refractivity contribution >= 4 is 12.0 Å². The van der Waals surface area contributed by atoms with Crippen LogP contribution in [-0.4, -0.2) is 46.2 Å². The van der Waals surface area contributed by atoms with Gasteiger partial charge in [0, 0.05) is 19.5 Å². The molecule has 1 atom stereocenters. The molecule has 0 spiro atoms. The summed E-state index contributed by atoms with van der Waals surface area (Å²) in [6, 6.07) is 4.74. The van der Waals surface area contributed by atoms with Crippen LogP contribution in [0.25, 0.3) is 0 Å². The molecule has 114 valence electrons. The van der Waals surface area contributed by atoms with Crippen LogP contribution >= 0.6 is 0 Å². The largest absolute Gasteiger partial charge is 0.508 e. The van der Waals surface area contributed by atoms with Crippen LogP contribution in [0, 0.1) is 0 Å². The molecule has 0 aromatic heterocycles. The summed E-state index contributed by atoms with van der Waals surface area (Å²) >= 11 is 0. The number of benzene rings is 1. The first-order chi connectivity index (χ1) is 9.97. The molecule has 0 heterocycles. The lowest BCUT2D eigenvalue weighted by molar-refractivity contribution is -0.139. The highest BCUT2D eigenvalue weighted by molar-refractivity contribution is 5.82. The van der Waals surface area contributed by atoms with Gasteiger partial charge >= 0.3 is 12.0 Å². The summed E-state index contributed by atoms with van der Waals surface area (Å²) in [6.45, 7) is 6.18. The minimum Gasteiger partial charge on any atom is -0.508 e. The number of urea groups is 1. The molecule has 6 nitrogen and oxygen atoms in total. The van der Waals surface area contributed by atoms with Gasteiger partial charge in [0.1, 0.15) is 11.8 Å². The van der Waals surface area contributed by atoms with Crippen molar-refractivity contribution in [2.45, 2.75) is 19.4 Å². The molecule has 3 N–H and O–H groups in total. The molecule has 1 rings (SSSR count). The number of nitrogens with zero attached hydrogens (tertiary/aromatic N) is 1. The summed E-state index contributed by atoms with van der Waals surface area (Å²) in [5, 5.41) is 20.9. The van der Waals surface area contributed by atoms with Gasteiger partial charge in [0.05, 0.1) is 0 Å². The van der Waals surface area contributed by atoms with E-state index in [-0.39, 0.29) is 12.2 Å². The average molecular weight is 292 g/mol. The Kier molecular flexibility index (Phi) is 6.26. The lowest BCUT2D eigenvalue weighted by Gasteiger charge is -2.22. The fraction of sp³-hybridized carbons (Fsp3) is 0.333. The van der Waals surface area contributed by atoms with E-state index in [1.165, 1.54) is 17.0 Å². The fourth-order valence-electron chi connectivity index (χ4n) is 1.82. The van der Waals surface area contributed by atoms with E-state index in [1.54, 1.807) is 25.1 Å². The maximum Gasteiger partial charge on any atom is 0.326 e. The van der Waals surface area contributed by atoms with Gasteiger partial charge in [0.15, 0.2) is 0 Å². The number of amides is 2. The predicted molar refractivity (Wildman–Crippen MR) is 79.2 cm³/mol. The molecule has 2 amide bonds. The Morgan fingerprint density at radius 3 is 2.48 bits per heavy atom. The highest BCUT2D eigenvalue weighted by Gasteiger charge is 2.22. The van der Waals surface area contributed by atoms with Gasteiger partial charge in [0.2, 0.25) is 0 Å². The van der Waals surface area contributed by atoms with E-state index in [0.717, 1.165) is 0 Å². The molecular formula is C15H20N2O4. The zero-order chi connectivity index (χ0) is 15.8. The maximum atomic E-state index is 12.0. The summed E-state index contributed by atoms with van der Waals surface area (Å²) in [7, 11) is 0. The van der Waals surface area contributed by atoms with Crippen LogP contribution in [0.2, 0.25) is 0 Å². The first-order valence-electron chi connectivity index (χ1n) is 6.65. The first kappa shape index (κ1) is 16.6. The number of carbonyl (C=O) groups excluding carboxylic acids is 1. The number of aromatic hydroxyl groups is 1. The van der Waals surface area contributed by atoms with Crippen LogP contribution in [0.4, 0.5) is 4.79 Å². The minimum absolute atomic E-state index is 0.109. The topological polar surface area (TPSA) is 89.9 Å². The quantitative estimate of drug-likeness (QED) is 0.666. The van der Waals surface area contributed by atoms with Crippen LogP contribution in [0.15, 0.2) is 36.9 Å². The fourth-order valence-corrected chi connectivity index (χ4v) is 1.82. The standard InChI is InChI=1S/C15H20N2O4/c1-3-9-17(4-2)15(21)16-13(14(19)20)10-11-5-7-12(18)8-6-11/h3,5-8,13,18H,1,4,9-10H2,2H3,(H,16,21)(H,19,20)/t13-/m0/s1. The molecule has 21 heavy (non-hydrogen) atoms. The number of carbonyl (C=O) groups is 2. The van der Waals surface area contributed by atoms with Gasteiger partial charge < -0.3 is 20.4 Å². The van der Waals surface area contributed by atoms with Crippen molar-refractivity contribution in [2.75, 3.05) is 13.1 Å². The Bertz CT molecular complexity index is 499. The number of rotatable bonds is 7. The number of likely N-dealkylation sites (N-methyl/N-ethyl adjacent to an activating group) is 1. The van der Waals surface area contributed by atoms with Crippen molar-refractivity contribution < 1.29 is 19.8 Å². The highest BCUT2D eigenvalue weighted by Crippen LogP contribution is 2.11. The zero-order valence-electron chi connectivity index (χ0n) is 12.0. The molecule has 0 aliphatic heterocycles. The van der Waals surface area contributed by atoms with Gasteiger partial charge in [-0.1, -0.05) is 18.2 Å². The van der Waals surface area contributed by atoms with E-state index in [4.69, 9.17) is 0 Å². The third-order valence-corrected chi connectivity index (χ3v) is 2.99. The number of carboxylic acids is 1. The number of phenolic OH excluding ortho intramolecular Hbond substituents is 1. The van der Waals surface area contributed by atoms with Crippen molar-refractivity contribution in [3.63, 3.8) is 0 Å². The summed E-state index contributed by atoms with van der Waals surface area (Å²) in [5.41, 5.74) is 0.715. The molecule has 0 aliphatic carbocycles. The van der Waals surface area contributed by atoms with Crippen molar-refractivity contribution in [1.29, 1.82) is 0 Å². The lowest BCUT2D eigenvalue weighted by Crippen LogP contribution is -2.48. The first-order valence-corrected chi connectivity index (χ1v) is 6.65. The van der Waals surface area contributed by atoms with Crippen LogP contribution < -0.4 is 5.32 Å². The van der Waals surface area contributed by atoms with E-state index in [0.29, 0.717) is 18.7 Å². The Balaban J connectivity index is 2.73. The summed E-state index contributed by atoms with van der Waals surface area (Å²) in [4.78, 5) is 24.7. The van der Waals surface area contributed by atoms with Crippen molar-refractivity contribution in [3.05, 3.63) is 42.5 Å². The molecule has 0 saturated carbocycles. The zero-order valence-corrected chi connectivity index (χ0v) is 12.0. The molecule has 0 saturated heterocycles. The van der Waals surface area contributed by atoms with E-state index >= 15 is 0 Å². The smallest absolute Gasteiger partial charge is 0.326 e. The predicted octanol–water partition coefficient (Wildman–Crippen LogP) is 1.61. The maximum absolute atomic E-state index is 12.0. The molecule has 0 radical (unpaired) electrons. The monoisotopic (exact) mass is 292 g/mol. The highest BCUT2D eigenvalue weighted by atomic mass is 16.4. The van der Waals surface area contributed by atoms with Gasteiger partial charge in [0.25, 0.3) is 0 Å². The Labute approximate surface area is 123 Å². The second-order valence-corrected chi connectivity index (χ2v) is 4.54. The number of carboxylic acid groups (broad SMARTS) is 1. The third kappa shape index (κ3) is 5.18. The van der Waals surface area contributed by atoms with Gasteiger partial charge in [-0.2, -0.15) is 0 Å². The molecule has 0 bridgehead atoms. The number of nitrogens with one attached hydrogen (secondary N) is 1. The summed E-state index contributed by atoms with van der Waals surface area (Å²) in [5.74, 6) is -0.996. The molecular weight excluding hydrogens is 272 g/mol. The molecule has 0 aliphatic rings. The number of phenols is 1. The van der Waals surface area contributed by atoms with Crippen molar-refractivity contribution in [2.24, 2.45) is 0 Å². The summed E-state index contributed by atoms with van der Waals surface area (Å²) in [6.07, 6.45) is 1.73. The second kappa shape index (κ2) is 7.94. The van der Waals surface area contributed by atoms with Crippen LogP contribution in [0.1, 0.15) is 12.5 Å². The summed E-state index contributed by atoms with van der Waals surface area (Å²) < 4.78 is 0. The Morgan fingerprint density at radius 2 is 2.00 bits per heavy atom. The molecule has 6 heteroatoms. The van der Waals surface area contributed by atoms with E-state index in [2.05, 4.69) is 11.9 Å². The normalized spacial score (nSPS) is 11.5. The Morgan fingerprint density at radius 1 is 1.38 bits per heavy atom. The molecule has 0 fully saturated rings. The van der Waals surface area contributed by atoms with Crippen LogP contribution in [0.5, 0.6) is 5.75 Å². The number of hydrogen-bond donors (Lipinski definition) is 3. The van der Waals surface area contributed by atoms with Crippen molar-refractivity contribution in [1.82, 2.24) is 10.2 Å². The Hall–Kier alpha value is -2.50. The average Bonchev–Trinajstić information content (AvgIpc) is 2.45. The van der Waals surface area contributed by atoms with Crippen LogP contribution in [-0.2, 0) is 11.2 Å². The van der Waals surface area contributed by atoms with Gasteiger partial charge in [-0.3, -0.25) is 0 Å². The third-order valence-electron chi connectivity index (χ3n) is 2.99. The van der Waals surface area contributed by atoms with Gasteiger partial charge in [-0.05, 0) is 24.6 Å². The number of hydrogen-bond acceptors (Lipinski definition) is 3. The second-order valence-electron chi connectivity index (χ2n) is 4.54. The van der Waals surface area contributed by atoms with E-state index in [1.807, 2.05) is 0 Å². The molecule has 1 aromatic rings. The van der Waals surface area contributed by atoms with Gasteiger partial charge in [-0.25, -0.2) is 9.59 Å².